The number of nitrogens with one attached hydrogen (secondary N) is 2. The molecule has 0 fully saturated rings. The van der Waals surface area contributed by atoms with E-state index in [9.17, 15) is 9.59 Å². The lowest BCUT2D eigenvalue weighted by molar-refractivity contribution is 0.0982. The van der Waals surface area contributed by atoms with Crippen LogP contribution in [0.15, 0.2) is 82.6 Å². The highest BCUT2D eigenvalue weighted by molar-refractivity contribution is 7.99. The minimum Gasteiger partial charge on any atom is -0.338 e. The Morgan fingerprint density at radius 2 is 1.73 bits per heavy atom. The number of hydrogen-bond acceptors (Lipinski definition) is 3. The summed E-state index contributed by atoms with van der Waals surface area (Å²) in [5.41, 5.74) is 3.17. The first-order valence-corrected chi connectivity index (χ1v) is 10.8. The maximum Gasteiger partial charge on any atom is 0.319 e. The van der Waals surface area contributed by atoms with Crippen molar-refractivity contribution >= 4 is 35.1 Å². The molecule has 30 heavy (non-hydrogen) atoms. The van der Waals surface area contributed by atoms with Crippen LogP contribution < -0.4 is 15.5 Å². The second-order valence-corrected chi connectivity index (χ2v) is 8.12. The predicted molar refractivity (Wildman–Crippen MR) is 121 cm³/mol. The molecule has 6 heteroatoms. The van der Waals surface area contributed by atoms with Crippen molar-refractivity contribution in [2.45, 2.75) is 29.7 Å². The molecule has 3 amide bonds. The number of amides is 3. The summed E-state index contributed by atoms with van der Waals surface area (Å²) in [6.07, 6.45) is 0.867. The average molecular weight is 418 g/mol. The van der Waals surface area contributed by atoms with Gasteiger partial charge in [0, 0.05) is 22.0 Å². The number of fused-ring (bicyclic) bond motifs is 2. The van der Waals surface area contributed by atoms with Gasteiger partial charge in [0.1, 0.15) is 0 Å². The fourth-order valence-electron chi connectivity index (χ4n) is 3.33. The molecule has 3 aromatic rings. The Balaban J connectivity index is 1.73. The minimum atomic E-state index is -0.248. The third kappa shape index (κ3) is 4.33. The predicted octanol–water partition coefficient (Wildman–Crippen LogP) is 5.53. The van der Waals surface area contributed by atoms with Crippen molar-refractivity contribution < 1.29 is 9.59 Å². The van der Waals surface area contributed by atoms with Crippen LogP contribution in [0.5, 0.6) is 0 Å². The SMILES string of the molecule is CCCNC(=O)Nc1ccc2c(c1)N(Cc1ccccc1)C(=O)c1ccccc1S2. The zero-order valence-corrected chi connectivity index (χ0v) is 17.5. The third-order valence-electron chi connectivity index (χ3n) is 4.81. The van der Waals surface area contributed by atoms with E-state index in [1.54, 1.807) is 16.7 Å². The Morgan fingerprint density at radius 1 is 0.967 bits per heavy atom. The molecule has 4 rings (SSSR count). The van der Waals surface area contributed by atoms with Crippen molar-refractivity contribution in [1.82, 2.24) is 5.32 Å². The topological polar surface area (TPSA) is 61.4 Å². The number of carbonyl (C=O) groups is 2. The number of rotatable bonds is 5. The van der Waals surface area contributed by atoms with E-state index in [0.29, 0.717) is 24.3 Å². The van der Waals surface area contributed by atoms with E-state index in [-0.39, 0.29) is 11.9 Å². The lowest BCUT2D eigenvalue weighted by Gasteiger charge is -2.24. The maximum absolute atomic E-state index is 13.5. The summed E-state index contributed by atoms with van der Waals surface area (Å²) in [4.78, 5) is 29.3. The fourth-order valence-corrected chi connectivity index (χ4v) is 4.39. The molecule has 3 aromatic carbocycles. The van der Waals surface area contributed by atoms with Gasteiger partial charge < -0.3 is 15.5 Å². The molecule has 0 spiro atoms. The Hall–Kier alpha value is -3.25. The summed E-state index contributed by atoms with van der Waals surface area (Å²) in [5, 5.41) is 5.68. The van der Waals surface area contributed by atoms with E-state index in [0.717, 1.165) is 27.5 Å². The number of urea groups is 1. The van der Waals surface area contributed by atoms with Gasteiger partial charge in [0.15, 0.2) is 0 Å². The molecule has 0 bridgehead atoms. The number of carbonyl (C=O) groups excluding carboxylic acids is 2. The highest BCUT2D eigenvalue weighted by atomic mass is 32.2. The van der Waals surface area contributed by atoms with Crippen LogP contribution in [-0.2, 0) is 6.54 Å². The second kappa shape index (κ2) is 9.05. The molecule has 0 aliphatic carbocycles. The highest BCUT2D eigenvalue weighted by Gasteiger charge is 2.27. The van der Waals surface area contributed by atoms with Crippen LogP contribution in [0.2, 0.25) is 0 Å². The molecule has 1 aliphatic rings. The van der Waals surface area contributed by atoms with Crippen LogP contribution >= 0.6 is 11.8 Å². The summed E-state index contributed by atoms with van der Waals surface area (Å²) >= 11 is 1.57. The van der Waals surface area contributed by atoms with E-state index < -0.39 is 0 Å². The molecule has 0 unspecified atom stereocenters. The number of anilines is 2. The van der Waals surface area contributed by atoms with E-state index in [4.69, 9.17) is 0 Å². The molecule has 2 N–H and O–H groups in total. The smallest absolute Gasteiger partial charge is 0.319 e. The van der Waals surface area contributed by atoms with Crippen LogP contribution in [0.3, 0.4) is 0 Å². The quantitative estimate of drug-likeness (QED) is 0.574. The molecule has 1 heterocycles. The molecule has 5 nitrogen and oxygen atoms in total. The first-order chi connectivity index (χ1) is 14.7. The first-order valence-electron chi connectivity index (χ1n) is 9.97. The Kier molecular flexibility index (Phi) is 6.05. The van der Waals surface area contributed by atoms with Crippen molar-refractivity contribution in [3.8, 4) is 0 Å². The van der Waals surface area contributed by atoms with Gasteiger partial charge in [0.05, 0.1) is 17.8 Å². The van der Waals surface area contributed by atoms with Gasteiger partial charge in [-0.3, -0.25) is 4.79 Å². The molecule has 0 saturated heterocycles. The molecule has 0 saturated carbocycles. The van der Waals surface area contributed by atoms with E-state index in [1.807, 2.05) is 79.7 Å². The molecule has 1 aliphatic heterocycles. The lowest BCUT2D eigenvalue weighted by Crippen LogP contribution is -2.31. The molecule has 0 atom stereocenters. The third-order valence-corrected chi connectivity index (χ3v) is 5.95. The number of benzene rings is 3. The second-order valence-electron chi connectivity index (χ2n) is 7.04. The Morgan fingerprint density at radius 3 is 2.53 bits per heavy atom. The Labute approximate surface area is 180 Å². The summed E-state index contributed by atoms with van der Waals surface area (Å²) in [6, 6.07) is 23.1. The van der Waals surface area contributed by atoms with Crippen LogP contribution in [0.1, 0.15) is 29.3 Å². The Bertz CT molecular complexity index is 1070. The van der Waals surface area contributed by atoms with Crippen molar-refractivity contribution in [3.63, 3.8) is 0 Å². The van der Waals surface area contributed by atoms with Crippen LogP contribution in [0.4, 0.5) is 16.2 Å². The summed E-state index contributed by atoms with van der Waals surface area (Å²) in [7, 11) is 0. The standard InChI is InChI=1S/C24H23N3O2S/c1-2-14-25-24(29)26-18-12-13-22-20(15-18)27(16-17-8-4-3-5-9-17)23(28)19-10-6-7-11-21(19)30-22/h3-13,15H,2,14,16H2,1H3,(H2,25,26,29). The van der Waals surface area contributed by atoms with Gasteiger partial charge in [-0.1, -0.05) is 61.2 Å². The normalized spacial score (nSPS) is 12.6. The molecular weight excluding hydrogens is 394 g/mol. The van der Waals surface area contributed by atoms with Crippen LogP contribution in [0, 0.1) is 0 Å². The van der Waals surface area contributed by atoms with Crippen molar-refractivity contribution in [1.29, 1.82) is 0 Å². The highest BCUT2D eigenvalue weighted by Crippen LogP contribution is 2.43. The van der Waals surface area contributed by atoms with Gasteiger partial charge in [0.25, 0.3) is 5.91 Å². The van der Waals surface area contributed by atoms with Gasteiger partial charge in [-0.25, -0.2) is 4.79 Å². The summed E-state index contributed by atoms with van der Waals surface area (Å²) < 4.78 is 0. The average Bonchev–Trinajstić information content (AvgIpc) is 2.88. The van der Waals surface area contributed by atoms with Crippen LogP contribution in [-0.4, -0.2) is 18.5 Å². The van der Waals surface area contributed by atoms with E-state index >= 15 is 0 Å². The largest absolute Gasteiger partial charge is 0.338 e. The number of nitrogens with zero attached hydrogens (tertiary/aromatic N) is 1. The maximum atomic E-state index is 13.5. The van der Waals surface area contributed by atoms with Crippen molar-refractivity contribution in [3.05, 3.63) is 83.9 Å². The molecular formula is C24H23N3O2S. The fraction of sp³-hybridized carbons (Fsp3) is 0.167. The number of hydrogen-bond donors (Lipinski definition) is 2. The van der Waals surface area contributed by atoms with Gasteiger partial charge in [-0.05, 0) is 42.3 Å². The lowest BCUT2D eigenvalue weighted by atomic mass is 10.1. The zero-order chi connectivity index (χ0) is 20.9. The molecule has 152 valence electrons. The summed E-state index contributed by atoms with van der Waals surface area (Å²) in [6.45, 7) is 3.07. The minimum absolute atomic E-state index is 0.0479. The van der Waals surface area contributed by atoms with Gasteiger partial charge in [-0.2, -0.15) is 0 Å². The first kappa shape index (κ1) is 20.0. The molecule has 0 radical (unpaired) electrons. The van der Waals surface area contributed by atoms with Crippen LogP contribution in [0.25, 0.3) is 0 Å². The zero-order valence-electron chi connectivity index (χ0n) is 16.7. The van der Waals surface area contributed by atoms with Crippen molar-refractivity contribution in [2.24, 2.45) is 0 Å². The molecule has 0 aromatic heterocycles. The van der Waals surface area contributed by atoms with Gasteiger partial charge in [-0.15, -0.1) is 0 Å². The van der Waals surface area contributed by atoms with Gasteiger partial charge >= 0.3 is 6.03 Å². The van der Waals surface area contributed by atoms with E-state index in [1.165, 1.54) is 0 Å². The van der Waals surface area contributed by atoms with E-state index in [2.05, 4.69) is 10.6 Å². The monoisotopic (exact) mass is 417 g/mol. The van der Waals surface area contributed by atoms with Crippen molar-refractivity contribution in [2.75, 3.05) is 16.8 Å². The van der Waals surface area contributed by atoms with Gasteiger partial charge in [0.2, 0.25) is 0 Å². The summed E-state index contributed by atoms with van der Waals surface area (Å²) in [5.74, 6) is -0.0479.